The lowest BCUT2D eigenvalue weighted by Gasteiger charge is -2.10. The van der Waals surface area contributed by atoms with Gasteiger partial charge < -0.3 is 14.5 Å². The molecule has 0 aliphatic rings. The van der Waals surface area contributed by atoms with Crippen LogP contribution in [0.25, 0.3) is 0 Å². The fourth-order valence-electron chi connectivity index (χ4n) is 2.76. The summed E-state index contributed by atoms with van der Waals surface area (Å²) in [6.07, 6.45) is 1.08. The van der Waals surface area contributed by atoms with Crippen molar-refractivity contribution in [3.05, 3.63) is 82.3 Å². The second-order valence-electron chi connectivity index (χ2n) is 6.85. The minimum absolute atomic E-state index is 0.234. The Bertz CT molecular complexity index is 947. The fourth-order valence-corrected chi connectivity index (χ4v) is 2.88. The monoisotopic (exact) mass is 397 g/mol. The summed E-state index contributed by atoms with van der Waals surface area (Å²) in [6, 6.07) is 16.7. The smallest absolute Gasteiger partial charge is 0.291 e. The summed E-state index contributed by atoms with van der Waals surface area (Å²) < 4.78 is 11.3. The van der Waals surface area contributed by atoms with E-state index < -0.39 is 0 Å². The van der Waals surface area contributed by atoms with Gasteiger partial charge in [-0.2, -0.15) is 0 Å². The van der Waals surface area contributed by atoms with Crippen LogP contribution in [0.3, 0.4) is 0 Å². The number of ether oxygens (including phenoxy) is 1. The molecule has 0 bridgehead atoms. The van der Waals surface area contributed by atoms with Gasteiger partial charge >= 0.3 is 0 Å². The van der Waals surface area contributed by atoms with Crippen molar-refractivity contribution in [2.45, 2.75) is 39.7 Å². The highest BCUT2D eigenvalue weighted by Crippen LogP contribution is 2.23. The van der Waals surface area contributed by atoms with Crippen molar-refractivity contribution < 1.29 is 13.9 Å². The third-order valence-corrected chi connectivity index (χ3v) is 5.17. The number of hydrogen-bond acceptors (Lipinski definition) is 3. The van der Waals surface area contributed by atoms with E-state index in [9.17, 15) is 4.79 Å². The highest BCUT2D eigenvalue weighted by Gasteiger charge is 2.12. The van der Waals surface area contributed by atoms with Gasteiger partial charge in [0, 0.05) is 10.7 Å². The number of halogens is 1. The van der Waals surface area contributed by atoms with Crippen LogP contribution in [0.5, 0.6) is 5.75 Å². The predicted molar refractivity (Wildman–Crippen MR) is 112 cm³/mol. The van der Waals surface area contributed by atoms with Crippen molar-refractivity contribution in [3.63, 3.8) is 0 Å². The van der Waals surface area contributed by atoms with Gasteiger partial charge in [-0.3, -0.25) is 4.79 Å². The average molecular weight is 398 g/mol. The molecule has 0 fully saturated rings. The zero-order valence-corrected chi connectivity index (χ0v) is 17.0. The van der Waals surface area contributed by atoms with E-state index in [4.69, 9.17) is 20.8 Å². The van der Waals surface area contributed by atoms with Crippen molar-refractivity contribution in [2.75, 3.05) is 5.32 Å². The van der Waals surface area contributed by atoms with Crippen LogP contribution in [-0.4, -0.2) is 5.91 Å². The number of amides is 1. The van der Waals surface area contributed by atoms with E-state index in [2.05, 4.69) is 19.2 Å². The Hall–Kier alpha value is -2.72. The van der Waals surface area contributed by atoms with E-state index in [0.29, 0.717) is 22.5 Å². The molecular weight excluding hydrogens is 374 g/mol. The Balaban J connectivity index is 1.58. The molecule has 1 atom stereocenters. The summed E-state index contributed by atoms with van der Waals surface area (Å²) >= 11 is 6.02. The Kier molecular flexibility index (Phi) is 6.42. The van der Waals surface area contributed by atoms with Crippen LogP contribution in [0.2, 0.25) is 5.02 Å². The first-order chi connectivity index (χ1) is 13.5. The summed E-state index contributed by atoms with van der Waals surface area (Å²) in [5.41, 5.74) is 2.94. The molecule has 4 nitrogen and oxygen atoms in total. The normalized spacial score (nSPS) is 11.9. The van der Waals surface area contributed by atoms with E-state index in [-0.39, 0.29) is 18.3 Å². The molecule has 1 aromatic heterocycles. The molecule has 0 aliphatic carbocycles. The number of aryl methyl sites for hydroxylation is 1. The van der Waals surface area contributed by atoms with Gasteiger partial charge in [0.1, 0.15) is 18.1 Å². The number of anilines is 1. The van der Waals surface area contributed by atoms with Crippen LogP contribution < -0.4 is 10.1 Å². The number of carbonyl (C=O) groups is 1. The Morgan fingerprint density at radius 3 is 2.57 bits per heavy atom. The lowest BCUT2D eigenvalue weighted by molar-refractivity contribution is 0.0992. The summed E-state index contributed by atoms with van der Waals surface area (Å²) in [7, 11) is 0. The van der Waals surface area contributed by atoms with Gasteiger partial charge in [0.2, 0.25) is 0 Å². The van der Waals surface area contributed by atoms with Crippen LogP contribution in [0.15, 0.2) is 59.0 Å². The van der Waals surface area contributed by atoms with Crippen LogP contribution >= 0.6 is 11.6 Å². The number of hydrogen-bond donors (Lipinski definition) is 1. The molecule has 0 radical (unpaired) electrons. The van der Waals surface area contributed by atoms with Gasteiger partial charge in [-0.1, -0.05) is 37.6 Å². The molecule has 5 heteroatoms. The van der Waals surface area contributed by atoms with Gasteiger partial charge in [0.05, 0.1) is 0 Å². The molecule has 1 heterocycles. The topological polar surface area (TPSA) is 51.5 Å². The lowest BCUT2D eigenvalue weighted by atomic mass is 9.99. The molecule has 0 aliphatic heterocycles. The molecule has 2 aromatic carbocycles. The maximum atomic E-state index is 12.4. The number of carbonyl (C=O) groups excluding carboxylic acids is 1. The van der Waals surface area contributed by atoms with Crippen LogP contribution in [-0.2, 0) is 6.61 Å². The standard InChI is InChI=1S/C23H24ClNO3/c1-4-15(2)17-5-7-18(8-6-17)25-23(26)22-12-10-20(28-22)14-27-19-9-11-21(24)16(3)13-19/h5-13,15H,4,14H2,1-3H3,(H,25,26)/t15-/m1/s1. The lowest BCUT2D eigenvalue weighted by Crippen LogP contribution is -2.11. The molecule has 1 amide bonds. The van der Waals surface area contributed by atoms with Gasteiger partial charge in [0.15, 0.2) is 5.76 Å². The average Bonchev–Trinajstić information content (AvgIpc) is 3.18. The maximum Gasteiger partial charge on any atom is 0.291 e. The number of furan rings is 1. The minimum Gasteiger partial charge on any atom is -0.486 e. The molecular formula is C23H24ClNO3. The van der Waals surface area contributed by atoms with Crippen LogP contribution in [0.1, 0.15) is 53.6 Å². The van der Waals surface area contributed by atoms with Gasteiger partial charge in [-0.05, 0) is 72.9 Å². The van der Waals surface area contributed by atoms with E-state index in [1.54, 1.807) is 24.3 Å². The van der Waals surface area contributed by atoms with Crippen molar-refractivity contribution in [1.82, 2.24) is 0 Å². The van der Waals surface area contributed by atoms with Crippen molar-refractivity contribution in [3.8, 4) is 5.75 Å². The minimum atomic E-state index is -0.287. The molecule has 146 valence electrons. The number of rotatable bonds is 7. The van der Waals surface area contributed by atoms with E-state index >= 15 is 0 Å². The maximum absolute atomic E-state index is 12.4. The van der Waals surface area contributed by atoms with Crippen molar-refractivity contribution >= 4 is 23.2 Å². The number of nitrogens with one attached hydrogen (secondary N) is 1. The molecule has 0 spiro atoms. The predicted octanol–water partition coefficient (Wildman–Crippen LogP) is 6.59. The quantitative estimate of drug-likeness (QED) is 0.489. The first-order valence-electron chi connectivity index (χ1n) is 9.35. The Labute approximate surface area is 170 Å². The number of benzene rings is 2. The van der Waals surface area contributed by atoms with Crippen LogP contribution in [0.4, 0.5) is 5.69 Å². The highest BCUT2D eigenvalue weighted by molar-refractivity contribution is 6.31. The summed E-state index contributed by atoms with van der Waals surface area (Å²) in [4.78, 5) is 12.4. The molecule has 1 N–H and O–H groups in total. The molecule has 3 rings (SSSR count). The second kappa shape index (κ2) is 8.98. The third-order valence-electron chi connectivity index (χ3n) is 4.75. The zero-order valence-electron chi connectivity index (χ0n) is 16.3. The Morgan fingerprint density at radius 2 is 1.89 bits per heavy atom. The third kappa shape index (κ3) is 4.96. The van der Waals surface area contributed by atoms with Gasteiger partial charge in [-0.25, -0.2) is 0 Å². The molecule has 0 saturated carbocycles. The van der Waals surface area contributed by atoms with Crippen molar-refractivity contribution in [2.24, 2.45) is 0 Å². The van der Waals surface area contributed by atoms with Crippen molar-refractivity contribution in [1.29, 1.82) is 0 Å². The first-order valence-corrected chi connectivity index (χ1v) is 9.73. The molecule has 3 aromatic rings. The molecule has 28 heavy (non-hydrogen) atoms. The highest BCUT2D eigenvalue weighted by atomic mass is 35.5. The van der Waals surface area contributed by atoms with Gasteiger partial charge in [0.25, 0.3) is 5.91 Å². The second-order valence-corrected chi connectivity index (χ2v) is 7.26. The van der Waals surface area contributed by atoms with Crippen LogP contribution in [0, 0.1) is 6.92 Å². The summed E-state index contributed by atoms with van der Waals surface area (Å²) in [6.45, 7) is 6.50. The van der Waals surface area contributed by atoms with E-state index in [1.807, 2.05) is 37.3 Å². The SMILES string of the molecule is CC[C@@H](C)c1ccc(NC(=O)c2ccc(COc3ccc(Cl)c(C)c3)o2)cc1. The first kappa shape index (κ1) is 20.0. The van der Waals surface area contributed by atoms with Gasteiger partial charge in [-0.15, -0.1) is 0 Å². The zero-order chi connectivity index (χ0) is 20.1. The summed E-state index contributed by atoms with van der Waals surface area (Å²) in [5, 5.41) is 3.55. The largest absolute Gasteiger partial charge is 0.486 e. The Morgan fingerprint density at radius 1 is 1.14 bits per heavy atom. The van der Waals surface area contributed by atoms with E-state index in [1.165, 1.54) is 5.56 Å². The molecule has 0 unspecified atom stereocenters. The van der Waals surface area contributed by atoms with E-state index in [0.717, 1.165) is 17.7 Å². The summed E-state index contributed by atoms with van der Waals surface area (Å²) in [5.74, 6) is 1.74. The molecule has 0 saturated heterocycles. The fraction of sp³-hybridized carbons (Fsp3) is 0.261.